The number of carbonyl (C=O) groups is 1. The van der Waals surface area contributed by atoms with Crippen LogP contribution in [0.1, 0.15) is 37.4 Å². The molecule has 1 unspecified atom stereocenters. The van der Waals surface area contributed by atoms with Gasteiger partial charge in [-0.1, -0.05) is 71.7 Å². The van der Waals surface area contributed by atoms with Crippen molar-refractivity contribution in [3.8, 4) is 16.9 Å². The molecule has 0 radical (unpaired) electrons. The summed E-state index contributed by atoms with van der Waals surface area (Å²) in [5, 5.41) is 14.8. The highest BCUT2D eigenvalue weighted by atomic mass is 35.5. The summed E-state index contributed by atoms with van der Waals surface area (Å²) in [6.07, 6.45) is 0. The number of hydrogen-bond donors (Lipinski definition) is 2. The Kier molecular flexibility index (Phi) is 6.98. The average Bonchev–Trinajstić information content (AvgIpc) is 3.27. The number of carboxylic acids is 1. The van der Waals surface area contributed by atoms with E-state index in [0.29, 0.717) is 10.0 Å². The molecule has 0 fully saturated rings. The van der Waals surface area contributed by atoms with Gasteiger partial charge in [0.1, 0.15) is 0 Å². The minimum absolute atomic E-state index is 0.195. The Bertz CT molecular complexity index is 1780. The van der Waals surface area contributed by atoms with E-state index in [1.165, 1.54) is 6.07 Å². The zero-order valence-electron chi connectivity index (χ0n) is 19.7. The monoisotopic (exact) mass is 564 g/mol. The Morgan fingerprint density at radius 2 is 1.74 bits per heavy atom. The molecule has 3 aromatic carbocycles. The molecule has 2 heterocycles. The molecule has 5 rings (SSSR count). The number of aromatic carboxylic acids is 1. The fourth-order valence-electron chi connectivity index (χ4n) is 4.17. The van der Waals surface area contributed by atoms with Gasteiger partial charge in [0.2, 0.25) is 5.69 Å². The molecule has 0 saturated heterocycles. The van der Waals surface area contributed by atoms with Gasteiger partial charge in [-0.25, -0.2) is 14.6 Å². The molecule has 5 aromatic rings. The normalized spacial score (nSPS) is 11.9. The largest absolute Gasteiger partial charge is 0.476 e. The van der Waals surface area contributed by atoms with Crippen LogP contribution in [0.15, 0.2) is 82.4 Å². The topological polar surface area (TPSA) is 118 Å². The second-order valence-electron chi connectivity index (χ2n) is 8.33. The average molecular weight is 565 g/mol. The molecule has 2 aromatic heterocycles. The molecule has 0 spiro atoms. The SMILES string of the molecule is Cc1nc(-c2ccccc2)c(C(c2ccc(Cl)cc2)c2ccc(-n3nc(C(=O)O)c(=O)[nH]c3=O)cc2Cl)s1. The van der Waals surface area contributed by atoms with Crippen LogP contribution in [0.4, 0.5) is 0 Å². The molecule has 0 amide bonds. The predicted molar refractivity (Wildman–Crippen MR) is 147 cm³/mol. The summed E-state index contributed by atoms with van der Waals surface area (Å²) in [5.74, 6) is -1.88. The first-order chi connectivity index (χ1) is 18.2. The van der Waals surface area contributed by atoms with Crippen molar-refractivity contribution in [3.63, 3.8) is 0 Å². The van der Waals surface area contributed by atoms with E-state index in [0.717, 1.165) is 37.0 Å². The van der Waals surface area contributed by atoms with Crippen molar-refractivity contribution in [2.24, 2.45) is 0 Å². The maximum absolute atomic E-state index is 12.4. The molecule has 0 aliphatic rings. The molecule has 0 aliphatic heterocycles. The van der Waals surface area contributed by atoms with E-state index in [4.69, 9.17) is 28.2 Å². The highest BCUT2D eigenvalue weighted by Gasteiger charge is 2.26. The van der Waals surface area contributed by atoms with E-state index in [1.807, 2.05) is 54.4 Å². The van der Waals surface area contributed by atoms with Crippen molar-refractivity contribution in [2.75, 3.05) is 0 Å². The van der Waals surface area contributed by atoms with Gasteiger partial charge >= 0.3 is 11.7 Å². The Hall–Kier alpha value is -4.05. The Labute approximate surface area is 229 Å². The van der Waals surface area contributed by atoms with Crippen LogP contribution in [-0.4, -0.2) is 30.8 Å². The highest BCUT2D eigenvalue weighted by molar-refractivity contribution is 7.12. The Morgan fingerprint density at radius 3 is 2.39 bits per heavy atom. The van der Waals surface area contributed by atoms with Crippen LogP contribution in [0, 0.1) is 6.92 Å². The number of nitrogens with one attached hydrogen (secondary N) is 1. The lowest BCUT2D eigenvalue weighted by atomic mass is 9.88. The third kappa shape index (κ3) is 4.91. The van der Waals surface area contributed by atoms with Crippen LogP contribution in [0.3, 0.4) is 0 Å². The van der Waals surface area contributed by atoms with E-state index in [9.17, 15) is 19.5 Å². The number of aromatic amines is 1. The summed E-state index contributed by atoms with van der Waals surface area (Å²) in [6, 6.07) is 22.2. The smallest absolute Gasteiger partial charge is 0.362 e. The molecular weight excluding hydrogens is 547 g/mol. The lowest BCUT2D eigenvalue weighted by molar-refractivity contribution is 0.0685. The van der Waals surface area contributed by atoms with E-state index in [2.05, 4.69) is 5.10 Å². The van der Waals surface area contributed by atoms with Gasteiger partial charge in [-0.2, -0.15) is 9.78 Å². The van der Waals surface area contributed by atoms with Gasteiger partial charge in [0, 0.05) is 26.4 Å². The number of H-pyrrole nitrogens is 1. The van der Waals surface area contributed by atoms with Crippen molar-refractivity contribution >= 4 is 40.5 Å². The van der Waals surface area contributed by atoms with Gasteiger partial charge in [-0.15, -0.1) is 11.3 Å². The van der Waals surface area contributed by atoms with Crippen molar-refractivity contribution < 1.29 is 9.90 Å². The molecule has 8 nitrogen and oxygen atoms in total. The first-order valence-corrected chi connectivity index (χ1v) is 12.8. The van der Waals surface area contributed by atoms with Gasteiger partial charge in [0.25, 0.3) is 5.56 Å². The van der Waals surface area contributed by atoms with Crippen LogP contribution >= 0.6 is 34.5 Å². The minimum Gasteiger partial charge on any atom is -0.476 e. The Balaban J connectivity index is 1.69. The second-order valence-corrected chi connectivity index (χ2v) is 10.4. The molecule has 190 valence electrons. The third-order valence-electron chi connectivity index (χ3n) is 5.84. The number of rotatable bonds is 6. The third-order valence-corrected chi connectivity index (χ3v) is 7.46. The number of aryl methyl sites for hydroxylation is 1. The summed E-state index contributed by atoms with van der Waals surface area (Å²) in [6.45, 7) is 1.94. The van der Waals surface area contributed by atoms with Crippen LogP contribution in [0.25, 0.3) is 16.9 Å². The van der Waals surface area contributed by atoms with E-state index in [-0.39, 0.29) is 11.6 Å². The zero-order valence-corrected chi connectivity index (χ0v) is 22.0. The minimum atomic E-state index is -1.56. The van der Waals surface area contributed by atoms with E-state index >= 15 is 0 Å². The quantitative estimate of drug-likeness (QED) is 0.279. The Morgan fingerprint density at radius 1 is 1.03 bits per heavy atom. The molecule has 2 N–H and O–H groups in total. The molecule has 0 saturated carbocycles. The number of thiazole rings is 1. The molecule has 1 atom stereocenters. The molecular formula is C27H18Cl2N4O4S. The molecule has 11 heteroatoms. The van der Waals surface area contributed by atoms with Crippen molar-refractivity contribution in [2.45, 2.75) is 12.8 Å². The van der Waals surface area contributed by atoms with Crippen LogP contribution < -0.4 is 11.2 Å². The maximum atomic E-state index is 12.4. The standard InChI is InChI=1S/C27H18Cl2N4O4S/c1-14-30-22(16-5-3-2-4-6-16)24(38-14)21(15-7-9-17(28)10-8-15)19-12-11-18(13-20(19)29)33-27(37)31-25(34)23(32-33)26(35)36/h2-13,21H,1H3,(H,35,36)(H,31,34,37). The van der Waals surface area contributed by atoms with Crippen LogP contribution in [0.2, 0.25) is 10.0 Å². The first-order valence-electron chi connectivity index (χ1n) is 11.3. The van der Waals surface area contributed by atoms with Gasteiger partial charge in [-0.3, -0.25) is 9.78 Å². The van der Waals surface area contributed by atoms with E-state index < -0.39 is 22.9 Å². The van der Waals surface area contributed by atoms with Crippen molar-refractivity contribution in [3.05, 3.63) is 130 Å². The summed E-state index contributed by atoms with van der Waals surface area (Å²) < 4.78 is 0.796. The number of aromatic nitrogens is 4. The van der Waals surface area contributed by atoms with Gasteiger partial charge in [-0.05, 0) is 42.3 Å². The zero-order chi connectivity index (χ0) is 27.0. The van der Waals surface area contributed by atoms with Crippen LogP contribution in [-0.2, 0) is 0 Å². The fraction of sp³-hybridized carbons (Fsp3) is 0.0741. The van der Waals surface area contributed by atoms with Crippen molar-refractivity contribution in [1.82, 2.24) is 19.7 Å². The fourth-order valence-corrected chi connectivity index (χ4v) is 5.67. The summed E-state index contributed by atoms with van der Waals surface area (Å²) in [4.78, 5) is 43.4. The lowest BCUT2D eigenvalue weighted by Crippen LogP contribution is -2.35. The van der Waals surface area contributed by atoms with Gasteiger partial charge in [0.05, 0.1) is 16.4 Å². The second kappa shape index (κ2) is 10.4. The number of benzene rings is 3. The molecule has 38 heavy (non-hydrogen) atoms. The first kappa shape index (κ1) is 25.6. The summed E-state index contributed by atoms with van der Waals surface area (Å²) in [7, 11) is 0. The van der Waals surface area contributed by atoms with Crippen molar-refractivity contribution in [1.29, 1.82) is 0 Å². The number of halogens is 2. The maximum Gasteiger partial charge on any atom is 0.362 e. The number of nitrogens with zero attached hydrogens (tertiary/aromatic N) is 3. The summed E-state index contributed by atoms with van der Waals surface area (Å²) >= 11 is 14.6. The highest BCUT2D eigenvalue weighted by Crippen LogP contribution is 2.43. The summed E-state index contributed by atoms with van der Waals surface area (Å²) in [5.41, 5.74) is 0.867. The van der Waals surface area contributed by atoms with E-state index in [1.54, 1.807) is 35.6 Å². The molecule has 0 aliphatic carbocycles. The van der Waals surface area contributed by atoms with Crippen LogP contribution in [0.5, 0.6) is 0 Å². The van der Waals surface area contributed by atoms with Gasteiger partial charge < -0.3 is 5.11 Å². The lowest BCUT2D eigenvalue weighted by Gasteiger charge is -2.20. The van der Waals surface area contributed by atoms with Gasteiger partial charge in [0.15, 0.2) is 0 Å². The number of hydrogen-bond acceptors (Lipinski definition) is 6. The predicted octanol–water partition coefficient (Wildman–Crippen LogP) is 5.54. The molecule has 0 bridgehead atoms. The number of carboxylic acid groups (broad SMARTS) is 1.